The number of anilines is 1. The van der Waals surface area contributed by atoms with Crippen molar-refractivity contribution in [2.24, 2.45) is 7.05 Å². The topological polar surface area (TPSA) is 43.3 Å². The molecule has 0 fully saturated rings. The van der Waals surface area contributed by atoms with E-state index in [0.717, 1.165) is 5.69 Å². The van der Waals surface area contributed by atoms with Gasteiger partial charge in [-0.25, -0.2) is 4.79 Å². The maximum Gasteiger partial charge on any atom is 0.357 e. The van der Waals surface area contributed by atoms with Crippen molar-refractivity contribution in [1.82, 2.24) is 4.57 Å². The number of nitrogens with one attached hydrogen (secondary N) is 1. The van der Waals surface area contributed by atoms with E-state index in [2.05, 4.69) is 5.32 Å². The fraction of sp³-hybridized carbons (Fsp3) is 0.267. The Hall–Kier alpha value is -2.23. The van der Waals surface area contributed by atoms with Crippen molar-refractivity contribution in [2.75, 3.05) is 11.9 Å². The third-order valence-corrected chi connectivity index (χ3v) is 2.87. The minimum absolute atomic E-state index is 0.300. The number of hydrogen-bond donors (Lipinski definition) is 1. The maximum absolute atomic E-state index is 11.9. The van der Waals surface area contributed by atoms with Crippen molar-refractivity contribution in [3.8, 4) is 0 Å². The Kier molecular flexibility index (Phi) is 4.23. The van der Waals surface area contributed by atoms with Crippen molar-refractivity contribution in [3.63, 3.8) is 0 Å². The number of carbonyl (C=O) groups is 1. The van der Waals surface area contributed by atoms with Crippen LogP contribution in [0.15, 0.2) is 42.6 Å². The summed E-state index contributed by atoms with van der Waals surface area (Å²) in [4.78, 5) is 11.9. The first-order chi connectivity index (χ1) is 9.22. The molecule has 2 rings (SSSR count). The Morgan fingerprint density at radius 1 is 1.26 bits per heavy atom. The van der Waals surface area contributed by atoms with Crippen LogP contribution in [0.3, 0.4) is 0 Å². The molecule has 19 heavy (non-hydrogen) atoms. The lowest BCUT2D eigenvalue weighted by Gasteiger charge is -2.09. The van der Waals surface area contributed by atoms with Crippen LogP contribution >= 0.6 is 0 Å². The van der Waals surface area contributed by atoms with Crippen LogP contribution < -0.4 is 5.32 Å². The van der Waals surface area contributed by atoms with Crippen molar-refractivity contribution < 1.29 is 9.53 Å². The zero-order chi connectivity index (χ0) is 13.7. The second kappa shape index (κ2) is 6.09. The summed E-state index contributed by atoms with van der Waals surface area (Å²) in [5.74, 6) is -0.300. The lowest BCUT2D eigenvalue weighted by molar-refractivity contribution is 0.0516. The van der Waals surface area contributed by atoms with Gasteiger partial charge in [0.25, 0.3) is 0 Å². The second-order valence-corrected chi connectivity index (χ2v) is 4.25. The SMILES string of the molecule is CCOC(=O)c1c(NCc2ccccc2)ccn1C. The second-order valence-electron chi connectivity index (χ2n) is 4.25. The normalized spacial score (nSPS) is 10.2. The summed E-state index contributed by atoms with van der Waals surface area (Å²) in [5.41, 5.74) is 2.52. The highest BCUT2D eigenvalue weighted by Gasteiger charge is 2.16. The lowest BCUT2D eigenvalue weighted by atomic mass is 10.2. The summed E-state index contributed by atoms with van der Waals surface area (Å²) in [6.07, 6.45) is 1.85. The largest absolute Gasteiger partial charge is 0.461 e. The smallest absolute Gasteiger partial charge is 0.357 e. The molecule has 1 heterocycles. The van der Waals surface area contributed by atoms with Gasteiger partial charge >= 0.3 is 5.97 Å². The summed E-state index contributed by atoms with van der Waals surface area (Å²) in [5, 5.41) is 3.27. The molecule has 0 aliphatic rings. The molecule has 1 N–H and O–H groups in total. The average Bonchev–Trinajstić information content (AvgIpc) is 2.79. The number of aryl methyl sites for hydroxylation is 1. The third kappa shape index (κ3) is 3.16. The first-order valence-corrected chi connectivity index (χ1v) is 6.32. The highest BCUT2D eigenvalue weighted by Crippen LogP contribution is 2.18. The maximum atomic E-state index is 11.9. The minimum atomic E-state index is -0.300. The van der Waals surface area contributed by atoms with E-state index >= 15 is 0 Å². The summed E-state index contributed by atoms with van der Waals surface area (Å²) >= 11 is 0. The van der Waals surface area contributed by atoms with Crippen molar-refractivity contribution >= 4 is 11.7 Å². The van der Waals surface area contributed by atoms with Crippen LogP contribution in [0.5, 0.6) is 0 Å². The van der Waals surface area contributed by atoms with Gasteiger partial charge in [0.05, 0.1) is 12.3 Å². The number of carbonyl (C=O) groups excluding carboxylic acids is 1. The molecule has 0 radical (unpaired) electrons. The van der Waals surface area contributed by atoms with Gasteiger partial charge in [0.1, 0.15) is 0 Å². The Morgan fingerprint density at radius 3 is 2.68 bits per heavy atom. The number of esters is 1. The van der Waals surface area contributed by atoms with Crippen LogP contribution in [0.1, 0.15) is 23.0 Å². The molecule has 1 aromatic heterocycles. The molecule has 0 aliphatic heterocycles. The zero-order valence-electron chi connectivity index (χ0n) is 11.2. The molecular formula is C15H18N2O2. The lowest BCUT2D eigenvalue weighted by Crippen LogP contribution is -2.12. The van der Waals surface area contributed by atoms with Crippen molar-refractivity contribution in [3.05, 3.63) is 53.9 Å². The summed E-state index contributed by atoms with van der Waals surface area (Å²) in [6, 6.07) is 11.9. The number of nitrogens with zero attached hydrogens (tertiary/aromatic N) is 1. The number of aromatic nitrogens is 1. The van der Waals surface area contributed by atoms with Crippen LogP contribution in [0.4, 0.5) is 5.69 Å². The first kappa shape index (κ1) is 13.2. The van der Waals surface area contributed by atoms with Gasteiger partial charge in [0.15, 0.2) is 5.69 Å². The molecule has 0 unspecified atom stereocenters. The van der Waals surface area contributed by atoms with Crippen LogP contribution in [-0.4, -0.2) is 17.1 Å². The number of benzene rings is 1. The zero-order valence-corrected chi connectivity index (χ0v) is 11.2. The van der Waals surface area contributed by atoms with Gasteiger partial charge in [-0.1, -0.05) is 30.3 Å². The van der Waals surface area contributed by atoms with E-state index in [0.29, 0.717) is 18.8 Å². The highest BCUT2D eigenvalue weighted by atomic mass is 16.5. The van der Waals surface area contributed by atoms with E-state index in [-0.39, 0.29) is 5.97 Å². The van der Waals surface area contributed by atoms with E-state index in [1.165, 1.54) is 5.56 Å². The predicted octanol–water partition coefficient (Wildman–Crippen LogP) is 2.81. The van der Waals surface area contributed by atoms with Gasteiger partial charge in [-0.3, -0.25) is 0 Å². The van der Waals surface area contributed by atoms with Crippen LogP contribution in [0.25, 0.3) is 0 Å². The first-order valence-electron chi connectivity index (χ1n) is 6.32. The number of hydrogen-bond acceptors (Lipinski definition) is 3. The van der Waals surface area contributed by atoms with Crippen LogP contribution in [0.2, 0.25) is 0 Å². The molecule has 4 heteroatoms. The Labute approximate surface area is 113 Å². The van der Waals surface area contributed by atoms with Gasteiger partial charge in [0.2, 0.25) is 0 Å². The van der Waals surface area contributed by atoms with Crippen LogP contribution in [-0.2, 0) is 18.3 Å². The Bertz CT molecular complexity index is 547. The molecule has 0 aliphatic carbocycles. The molecule has 0 spiro atoms. The van der Waals surface area contributed by atoms with Gasteiger partial charge in [-0.2, -0.15) is 0 Å². The standard InChI is InChI=1S/C15H18N2O2/c1-3-19-15(18)14-13(9-10-17(14)2)16-11-12-7-5-4-6-8-12/h4-10,16H,3,11H2,1-2H3. The molecule has 0 atom stereocenters. The van der Waals surface area contributed by atoms with E-state index in [1.54, 1.807) is 11.5 Å². The summed E-state index contributed by atoms with van der Waals surface area (Å²) < 4.78 is 6.83. The van der Waals surface area contributed by atoms with E-state index in [9.17, 15) is 4.79 Å². The average molecular weight is 258 g/mol. The fourth-order valence-electron chi connectivity index (χ4n) is 1.92. The molecule has 0 saturated heterocycles. The van der Waals surface area contributed by atoms with Gasteiger partial charge < -0.3 is 14.6 Å². The Balaban J connectivity index is 2.11. The molecule has 4 nitrogen and oxygen atoms in total. The van der Waals surface area contributed by atoms with Gasteiger partial charge in [0, 0.05) is 19.8 Å². The monoisotopic (exact) mass is 258 g/mol. The predicted molar refractivity (Wildman–Crippen MR) is 75.1 cm³/mol. The molecule has 1 aromatic carbocycles. The van der Waals surface area contributed by atoms with E-state index in [1.807, 2.05) is 49.6 Å². The molecule has 0 saturated carbocycles. The molecule has 100 valence electrons. The highest BCUT2D eigenvalue weighted by molar-refractivity contribution is 5.94. The number of rotatable bonds is 5. The molecule has 0 amide bonds. The summed E-state index contributed by atoms with van der Waals surface area (Å²) in [7, 11) is 1.83. The van der Waals surface area contributed by atoms with E-state index in [4.69, 9.17) is 4.74 Å². The third-order valence-electron chi connectivity index (χ3n) is 2.87. The Morgan fingerprint density at radius 2 is 2.00 bits per heavy atom. The number of ether oxygens (including phenoxy) is 1. The quantitative estimate of drug-likeness (QED) is 0.839. The van der Waals surface area contributed by atoms with E-state index < -0.39 is 0 Å². The van der Waals surface area contributed by atoms with Crippen molar-refractivity contribution in [1.29, 1.82) is 0 Å². The van der Waals surface area contributed by atoms with Gasteiger partial charge in [-0.15, -0.1) is 0 Å². The minimum Gasteiger partial charge on any atom is -0.461 e. The van der Waals surface area contributed by atoms with Crippen LogP contribution in [0, 0.1) is 0 Å². The molecular weight excluding hydrogens is 240 g/mol. The molecule has 0 bridgehead atoms. The van der Waals surface area contributed by atoms with Gasteiger partial charge in [-0.05, 0) is 18.6 Å². The summed E-state index contributed by atoms with van der Waals surface area (Å²) in [6.45, 7) is 2.86. The fourth-order valence-corrected chi connectivity index (χ4v) is 1.92. The molecule has 2 aromatic rings. The van der Waals surface area contributed by atoms with Crippen molar-refractivity contribution in [2.45, 2.75) is 13.5 Å².